The van der Waals surface area contributed by atoms with Crippen LogP contribution in [0.4, 0.5) is 0 Å². The molecule has 0 aliphatic rings. The first-order valence-electron chi connectivity index (χ1n) is 8.48. The number of carbonyl (C=O) groups excluding carboxylic acids is 2. The fraction of sp³-hybridized carbons (Fsp3) is 0.238. The first-order valence-corrected chi connectivity index (χ1v) is 8.48. The molecule has 0 saturated heterocycles. The quantitative estimate of drug-likeness (QED) is 0.277. The van der Waals surface area contributed by atoms with Gasteiger partial charge in [0.2, 0.25) is 0 Å². The Morgan fingerprint density at radius 3 is 2.23 bits per heavy atom. The second-order valence-electron chi connectivity index (χ2n) is 5.51. The summed E-state index contributed by atoms with van der Waals surface area (Å²) in [6.45, 7) is 4.29. The van der Waals surface area contributed by atoms with Gasteiger partial charge in [-0.25, -0.2) is 9.59 Å². The Balaban J connectivity index is 1.66. The third kappa shape index (κ3) is 6.81. The summed E-state index contributed by atoms with van der Waals surface area (Å²) < 4.78 is 15.8. The zero-order valence-corrected chi connectivity index (χ0v) is 14.6. The summed E-state index contributed by atoms with van der Waals surface area (Å²) in [5.41, 5.74) is 0.463. The van der Waals surface area contributed by atoms with Crippen molar-refractivity contribution in [3.8, 4) is 11.5 Å². The van der Waals surface area contributed by atoms with E-state index in [1.165, 1.54) is 0 Å². The van der Waals surface area contributed by atoms with Crippen molar-refractivity contribution in [2.24, 2.45) is 0 Å². The molecule has 2 aromatic rings. The van der Waals surface area contributed by atoms with Crippen LogP contribution in [0.3, 0.4) is 0 Å². The Kier molecular flexibility index (Phi) is 7.93. The van der Waals surface area contributed by atoms with E-state index in [-0.39, 0.29) is 0 Å². The Bertz CT molecular complexity index is 707. The van der Waals surface area contributed by atoms with Gasteiger partial charge < -0.3 is 14.2 Å². The summed E-state index contributed by atoms with van der Waals surface area (Å²) in [6.07, 6.45) is 3.69. The Morgan fingerprint density at radius 2 is 1.54 bits per heavy atom. The highest BCUT2D eigenvalue weighted by molar-refractivity contribution is 5.91. The van der Waals surface area contributed by atoms with Gasteiger partial charge in [-0.05, 0) is 55.7 Å². The predicted octanol–water partition coefficient (Wildman–Crippen LogP) is 4.18. The van der Waals surface area contributed by atoms with E-state index in [0.717, 1.165) is 25.3 Å². The van der Waals surface area contributed by atoms with Gasteiger partial charge in [0.05, 0.1) is 18.8 Å². The number of ether oxygens (including phenoxy) is 3. The lowest BCUT2D eigenvalue weighted by molar-refractivity contribution is -0.137. The fourth-order valence-corrected chi connectivity index (χ4v) is 2.14. The maximum atomic E-state index is 12.1. The molecule has 26 heavy (non-hydrogen) atoms. The number of para-hydroxylation sites is 1. The minimum Gasteiger partial charge on any atom is -0.494 e. The number of rotatable bonds is 10. The van der Waals surface area contributed by atoms with E-state index in [1.54, 1.807) is 36.4 Å². The van der Waals surface area contributed by atoms with Crippen LogP contribution in [0.1, 0.15) is 29.6 Å². The van der Waals surface area contributed by atoms with Crippen LogP contribution in [-0.2, 0) is 9.53 Å². The Labute approximate surface area is 153 Å². The molecule has 0 spiro atoms. The molecule has 0 radical (unpaired) electrons. The second kappa shape index (κ2) is 10.7. The standard InChI is InChI=1S/C21H22O5/c1-2-20(22)25-16-8-4-7-15-24-18-13-11-17(12-14-18)21(23)26-19-9-5-3-6-10-19/h2-3,5-6,9-14H,1,4,7-8,15-16H2. The summed E-state index contributed by atoms with van der Waals surface area (Å²) >= 11 is 0. The number of benzene rings is 2. The third-order valence-electron chi connectivity index (χ3n) is 3.51. The van der Waals surface area contributed by atoms with E-state index in [1.807, 2.05) is 18.2 Å². The van der Waals surface area contributed by atoms with Crippen LogP contribution in [0.15, 0.2) is 67.3 Å². The maximum Gasteiger partial charge on any atom is 0.343 e. The third-order valence-corrected chi connectivity index (χ3v) is 3.51. The predicted molar refractivity (Wildman–Crippen MR) is 98.3 cm³/mol. The van der Waals surface area contributed by atoms with Crippen LogP contribution >= 0.6 is 0 Å². The van der Waals surface area contributed by atoms with Gasteiger partial charge in [0.25, 0.3) is 0 Å². The van der Waals surface area contributed by atoms with Gasteiger partial charge in [-0.3, -0.25) is 0 Å². The van der Waals surface area contributed by atoms with Crippen molar-refractivity contribution in [3.63, 3.8) is 0 Å². The van der Waals surface area contributed by atoms with Crippen LogP contribution < -0.4 is 9.47 Å². The van der Waals surface area contributed by atoms with Crippen molar-refractivity contribution < 1.29 is 23.8 Å². The largest absolute Gasteiger partial charge is 0.494 e. The molecule has 0 amide bonds. The molecule has 0 aromatic heterocycles. The van der Waals surface area contributed by atoms with Crippen molar-refractivity contribution in [1.82, 2.24) is 0 Å². The summed E-state index contributed by atoms with van der Waals surface area (Å²) in [5.74, 6) is 0.403. The molecular formula is C21H22O5. The molecule has 0 heterocycles. The second-order valence-corrected chi connectivity index (χ2v) is 5.51. The maximum absolute atomic E-state index is 12.1. The number of carbonyl (C=O) groups is 2. The molecule has 2 aromatic carbocycles. The topological polar surface area (TPSA) is 61.8 Å². The monoisotopic (exact) mass is 354 g/mol. The average Bonchev–Trinajstić information content (AvgIpc) is 2.68. The summed E-state index contributed by atoms with van der Waals surface area (Å²) in [5, 5.41) is 0. The molecule has 0 N–H and O–H groups in total. The molecular weight excluding hydrogens is 332 g/mol. The first-order chi connectivity index (χ1) is 12.7. The molecule has 0 fully saturated rings. The highest BCUT2D eigenvalue weighted by atomic mass is 16.5. The minimum absolute atomic E-state index is 0.392. The van der Waals surface area contributed by atoms with Crippen LogP contribution in [0.2, 0.25) is 0 Å². The van der Waals surface area contributed by atoms with Crippen LogP contribution in [-0.4, -0.2) is 25.2 Å². The van der Waals surface area contributed by atoms with Gasteiger partial charge in [-0.15, -0.1) is 0 Å². The van der Waals surface area contributed by atoms with Crippen molar-refractivity contribution in [3.05, 3.63) is 72.8 Å². The summed E-state index contributed by atoms with van der Waals surface area (Å²) in [6, 6.07) is 15.8. The molecule has 5 heteroatoms. The number of unbranched alkanes of at least 4 members (excludes halogenated alkanes) is 2. The zero-order valence-electron chi connectivity index (χ0n) is 14.6. The van der Waals surface area contributed by atoms with Gasteiger partial charge >= 0.3 is 11.9 Å². The highest BCUT2D eigenvalue weighted by Crippen LogP contribution is 2.16. The lowest BCUT2D eigenvalue weighted by atomic mass is 10.2. The molecule has 0 atom stereocenters. The van der Waals surface area contributed by atoms with Crippen molar-refractivity contribution in [1.29, 1.82) is 0 Å². The summed E-state index contributed by atoms with van der Waals surface area (Å²) in [7, 11) is 0. The van der Waals surface area contributed by atoms with Crippen LogP contribution in [0, 0.1) is 0 Å². The van der Waals surface area contributed by atoms with Crippen molar-refractivity contribution >= 4 is 11.9 Å². The van der Waals surface area contributed by atoms with E-state index in [2.05, 4.69) is 6.58 Å². The smallest absolute Gasteiger partial charge is 0.343 e. The molecule has 5 nitrogen and oxygen atoms in total. The number of hydrogen-bond acceptors (Lipinski definition) is 5. The van der Waals surface area contributed by atoms with Crippen LogP contribution in [0.5, 0.6) is 11.5 Å². The molecule has 0 bridgehead atoms. The zero-order chi connectivity index (χ0) is 18.6. The molecule has 0 aliphatic carbocycles. The normalized spacial score (nSPS) is 10.0. The van der Waals surface area contributed by atoms with E-state index in [0.29, 0.717) is 30.3 Å². The molecule has 136 valence electrons. The molecule has 2 rings (SSSR count). The van der Waals surface area contributed by atoms with Crippen molar-refractivity contribution in [2.45, 2.75) is 19.3 Å². The van der Waals surface area contributed by atoms with Gasteiger partial charge in [0.15, 0.2) is 0 Å². The molecule has 0 unspecified atom stereocenters. The SMILES string of the molecule is C=CC(=O)OCCCCCOc1ccc(C(=O)Oc2ccccc2)cc1. The van der Waals surface area contributed by atoms with Gasteiger partial charge in [0, 0.05) is 6.08 Å². The molecule has 0 aliphatic heterocycles. The first kappa shape index (κ1) is 19.2. The molecule has 0 saturated carbocycles. The van der Waals surface area contributed by atoms with Crippen molar-refractivity contribution in [2.75, 3.05) is 13.2 Å². The number of hydrogen-bond donors (Lipinski definition) is 0. The summed E-state index contributed by atoms with van der Waals surface area (Å²) in [4.78, 5) is 22.9. The highest BCUT2D eigenvalue weighted by Gasteiger charge is 2.08. The van der Waals surface area contributed by atoms with Gasteiger partial charge in [-0.2, -0.15) is 0 Å². The van der Waals surface area contributed by atoms with E-state index in [9.17, 15) is 9.59 Å². The lowest BCUT2D eigenvalue weighted by Crippen LogP contribution is -2.08. The Hall–Kier alpha value is -3.08. The van der Waals surface area contributed by atoms with E-state index >= 15 is 0 Å². The van der Waals surface area contributed by atoms with E-state index < -0.39 is 11.9 Å². The van der Waals surface area contributed by atoms with Crippen LogP contribution in [0.25, 0.3) is 0 Å². The average molecular weight is 354 g/mol. The fourth-order valence-electron chi connectivity index (χ4n) is 2.14. The minimum atomic E-state index is -0.406. The van der Waals surface area contributed by atoms with Gasteiger partial charge in [-0.1, -0.05) is 24.8 Å². The number of esters is 2. The van der Waals surface area contributed by atoms with E-state index in [4.69, 9.17) is 14.2 Å². The van der Waals surface area contributed by atoms with Gasteiger partial charge in [0.1, 0.15) is 11.5 Å². The Morgan fingerprint density at radius 1 is 0.846 bits per heavy atom. The lowest BCUT2D eigenvalue weighted by Gasteiger charge is -2.08.